The minimum Gasteiger partial charge on any atom is -0.356 e. The molecule has 1 aliphatic rings. The van der Waals surface area contributed by atoms with Gasteiger partial charge in [-0.3, -0.25) is 4.99 Å². The zero-order valence-electron chi connectivity index (χ0n) is 18.6. The monoisotopic (exact) mass is 435 g/mol. The number of aromatic nitrogens is 3. The summed E-state index contributed by atoms with van der Waals surface area (Å²) in [4.78, 5) is 10.5. The third-order valence-corrected chi connectivity index (χ3v) is 5.73. The molecule has 4 rings (SSSR count). The number of benzene rings is 1. The molecule has 2 N–H and O–H groups in total. The molecule has 0 amide bonds. The fourth-order valence-corrected chi connectivity index (χ4v) is 4.01. The number of hydrogen-bond donors (Lipinski definition) is 2. The van der Waals surface area contributed by atoms with Crippen molar-refractivity contribution >= 4 is 11.8 Å². The zero-order chi connectivity index (χ0) is 22.3. The van der Waals surface area contributed by atoms with Gasteiger partial charge in [-0.15, -0.1) is 0 Å². The topological polar surface area (TPSA) is 70.4 Å². The lowest BCUT2D eigenvalue weighted by molar-refractivity contribution is 0.612. The molecule has 2 aromatic heterocycles. The number of anilines is 1. The van der Waals surface area contributed by atoms with Crippen molar-refractivity contribution in [2.24, 2.45) is 4.99 Å². The van der Waals surface area contributed by atoms with Crippen LogP contribution in [-0.2, 0) is 6.42 Å². The number of aliphatic imine (C=N–C) groups is 1. The van der Waals surface area contributed by atoms with Crippen LogP contribution in [0.3, 0.4) is 0 Å². The Kier molecular flexibility index (Phi) is 6.99. The fourth-order valence-electron chi connectivity index (χ4n) is 4.01. The average Bonchev–Trinajstić information content (AvgIpc) is 3.43. The van der Waals surface area contributed by atoms with Gasteiger partial charge in [0.05, 0.1) is 11.4 Å². The third-order valence-electron chi connectivity index (χ3n) is 5.73. The van der Waals surface area contributed by atoms with Gasteiger partial charge in [-0.05, 0) is 56.0 Å². The Bertz CT molecular complexity index is 1050. The minimum absolute atomic E-state index is 0.203. The highest BCUT2D eigenvalue weighted by molar-refractivity contribution is 5.80. The first kappa shape index (κ1) is 21.8. The van der Waals surface area contributed by atoms with Crippen LogP contribution in [0.1, 0.15) is 24.1 Å². The van der Waals surface area contributed by atoms with Crippen LogP contribution >= 0.6 is 0 Å². The number of hydrogen-bond acceptors (Lipinski definition) is 4. The summed E-state index contributed by atoms with van der Waals surface area (Å²) in [5.41, 5.74) is 3.38. The number of guanidine groups is 1. The van der Waals surface area contributed by atoms with Crippen LogP contribution < -0.4 is 15.5 Å². The number of rotatable bonds is 7. The summed E-state index contributed by atoms with van der Waals surface area (Å²) in [5, 5.41) is 11.5. The molecular formula is C24H30FN7. The molecule has 1 saturated heterocycles. The van der Waals surface area contributed by atoms with Gasteiger partial charge in [0, 0.05) is 45.1 Å². The molecule has 7 nitrogen and oxygen atoms in total. The first-order chi connectivity index (χ1) is 15.6. The van der Waals surface area contributed by atoms with E-state index in [-0.39, 0.29) is 11.9 Å². The molecule has 168 valence electrons. The van der Waals surface area contributed by atoms with E-state index in [1.807, 2.05) is 27.8 Å². The molecule has 8 heteroatoms. The molecule has 1 fully saturated rings. The van der Waals surface area contributed by atoms with Crippen molar-refractivity contribution in [2.45, 2.75) is 32.2 Å². The Morgan fingerprint density at radius 3 is 2.84 bits per heavy atom. The predicted octanol–water partition coefficient (Wildman–Crippen LogP) is 3.09. The summed E-state index contributed by atoms with van der Waals surface area (Å²) in [5.74, 6) is 0.919. The average molecular weight is 436 g/mol. The van der Waals surface area contributed by atoms with E-state index in [2.05, 4.69) is 51.0 Å². The molecule has 1 unspecified atom stereocenters. The fraction of sp³-hybridized carbons (Fsp3) is 0.375. The van der Waals surface area contributed by atoms with Crippen molar-refractivity contribution in [3.05, 3.63) is 71.9 Å². The minimum atomic E-state index is -0.276. The molecule has 32 heavy (non-hydrogen) atoms. The second kappa shape index (κ2) is 10.3. The van der Waals surface area contributed by atoms with Gasteiger partial charge in [0.15, 0.2) is 17.6 Å². The molecule has 1 aromatic carbocycles. The number of nitrogens with one attached hydrogen (secondary N) is 2. The number of pyridine rings is 1. The largest absolute Gasteiger partial charge is 0.356 e. The van der Waals surface area contributed by atoms with Crippen LogP contribution in [0.15, 0.2) is 59.9 Å². The normalized spacial score (nSPS) is 16.4. The molecule has 1 aliphatic heterocycles. The van der Waals surface area contributed by atoms with E-state index in [0.29, 0.717) is 12.4 Å². The van der Waals surface area contributed by atoms with E-state index >= 15 is 0 Å². The summed E-state index contributed by atoms with van der Waals surface area (Å²) in [6.45, 7) is 4.33. The molecule has 0 spiro atoms. The van der Waals surface area contributed by atoms with Crippen molar-refractivity contribution in [3.8, 4) is 5.69 Å². The standard InChI is InChI=1S/C24H30FN7/c1-18-19(16-32(30-18)21-9-4-3-5-10-21)8-6-14-28-24(26-2)29-20-12-15-31(17-20)23-22(25)11-7-13-27-23/h3-5,7,9-11,13,16,20H,6,8,12,14-15,17H2,1-2H3,(H2,26,28,29). The second-order valence-corrected chi connectivity index (χ2v) is 8.01. The Labute approximate surface area is 188 Å². The van der Waals surface area contributed by atoms with Gasteiger partial charge in [-0.2, -0.15) is 5.10 Å². The maximum Gasteiger partial charge on any atom is 0.191 e. The van der Waals surface area contributed by atoms with Crippen LogP contribution in [-0.4, -0.2) is 53.4 Å². The molecular weight excluding hydrogens is 405 g/mol. The van der Waals surface area contributed by atoms with Gasteiger partial charge in [0.1, 0.15) is 0 Å². The summed E-state index contributed by atoms with van der Waals surface area (Å²) in [6.07, 6.45) is 6.57. The summed E-state index contributed by atoms with van der Waals surface area (Å²) < 4.78 is 15.9. The van der Waals surface area contributed by atoms with E-state index in [1.54, 1.807) is 19.3 Å². The highest BCUT2D eigenvalue weighted by Gasteiger charge is 2.25. The van der Waals surface area contributed by atoms with E-state index in [0.717, 1.165) is 49.7 Å². The molecule has 3 aromatic rings. The first-order valence-electron chi connectivity index (χ1n) is 11.1. The number of aryl methyl sites for hydroxylation is 2. The molecule has 0 aliphatic carbocycles. The van der Waals surface area contributed by atoms with E-state index < -0.39 is 0 Å². The molecule has 1 atom stereocenters. The van der Waals surface area contributed by atoms with E-state index in [9.17, 15) is 4.39 Å². The van der Waals surface area contributed by atoms with Gasteiger partial charge in [0.25, 0.3) is 0 Å². The lowest BCUT2D eigenvalue weighted by atomic mass is 10.1. The summed E-state index contributed by atoms with van der Waals surface area (Å²) >= 11 is 0. The maximum absolute atomic E-state index is 14.0. The molecule has 0 radical (unpaired) electrons. The van der Waals surface area contributed by atoms with Crippen LogP contribution in [0.25, 0.3) is 5.69 Å². The van der Waals surface area contributed by atoms with Crippen LogP contribution in [0, 0.1) is 12.7 Å². The Balaban J connectivity index is 1.23. The van der Waals surface area contributed by atoms with Crippen LogP contribution in [0.5, 0.6) is 0 Å². The summed E-state index contributed by atoms with van der Waals surface area (Å²) in [6, 6.07) is 13.4. The Morgan fingerprint density at radius 2 is 2.06 bits per heavy atom. The quantitative estimate of drug-likeness (QED) is 0.339. The number of nitrogens with zero attached hydrogens (tertiary/aromatic N) is 5. The molecule has 3 heterocycles. The maximum atomic E-state index is 14.0. The predicted molar refractivity (Wildman–Crippen MR) is 126 cm³/mol. The lowest BCUT2D eigenvalue weighted by Crippen LogP contribution is -2.45. The van der Waals surface area contributed by atoms with Crippen molar-refractivity contribution < 1.29 is 4.39 Å². The van der Waals surface area contributed by atoms with Crippen molar-refractivity contribution in [1.82, 2.24) is 25.4 Å². The third kappa shape index (κ3) is 5.25. The Hall–Kier alpha value is -3.42. The number of halogens is 1. The first-order valence-corrected chi connectivity index (χ1v) is 11.1. The van der Waals surface area contributed by atoms with Gasteiger partial charge < -0.3 is 15.5 Å². The van der Waals surface area contributed by atoms with Crippen LogP contribution in [0.4, 0.5) is 10.2 Å². The molecule has 0 saturated carbocycles. The second-order valence-electron chi connectivity index (χ2n) is 8.01. The number of para-hydroxylation sites is 1. The highest BCUT2D eigenvalue weighted by atomic mass is 19.1. The van der Waals surface area contributed by atoms with E-state index in [1.165, 1.54) is 11.6 Å². The SMILES string of the molecule is CN=C(NCCCc1cn(-c2ccccc2)nc1C)NC1CCN(c2ncccc2F)C1. The van der Waals surface area contributed by atoms with Gasteiger partial charge in [-0.1, -0.05) is 18.2 Å². The van der Waals surface area contributed by atoms with Gasteiger partial charge >= 0.3 is 0 Å². The van der Waals surface area contributed by atoms with Crippen molar-refractivity contribution in [2.75, 3.05) is 31.6 Å². The summed E-state index contributed by atoms with van der Waals surface area (Å²) in [7, 11) is 1.77. The van der Waals surface area contributed by atoms with Gasteiger partial charge in [-0.25, -0.2) is 14.1 Å². The van der Waals surface area contributed by atoms with Crippen LogP contribution in [0.2, 0.25) is 0 Å². The Morgan fingerprint density at radius 1 is 1.22 bits per heavy atom. The van der Waals surface area contributed by atoms with E-state index in [4.69, 9.17) is 0 Å². The zero-order valence-corrected chi connectivity index (χ0v) is 18.6. The lowest BCUT2D eigenvalue weighted by Gasteiger charge is -2.20. The molecule has 0 bridgehead atoms. The smallest absolute Gasteiger partial charge is 0.191 e. The van der Waals surface area contributed by atoms with Gasteiger partial charge in [0.2, 0.25) is 0 Å². The highest BCUT2D eigenvalue weighted by Crippen LogP contribution is 2.20. The van der Waals surface area contributed by atoms with Crippen molar-refractivity contribution in [1.29, 1.82) is 0 Å². The van der Waals surface area contributed by atoms with Crippen molar-refractivity contribution in [3.63, 3.8) is 0 Å².